The molecule has 204 valence electrons. The Balaban J connectivity index is 1.71. The highest BCUT2D eigenvalue weighted by atomic mass is 35.5. The highest BCUT2D eigenvalue weighted by Crippen LogP contribution is 2.34. The van der Waals surface area contributed by atoms with Gasteiger partial charge in [-0.05, 0) is 74.4 Å². The second-order valence-corrected chi connectivity index (χ2v) is 10.9. The van der Waals surface area contributed by atoms with E-state index in [9.17, 15) is 0 Å². The van der Waals surface area contributed by atoms with Gasteiger partial charge in [-0.2, -0.15) is 0 Å². The first kappa shape index (κ1) is 28.9. The minimum absolute atomic E-state index is 0.0690. The van der Waals surface area contributed by atoms with Gasteiger partial charge in [0.1, 0.15) is 5.75 Å². The maximum Gasteiger partial charge on any atom is 0.128 e. The van der Waals surface area contributed by atoms with Crippen LogP contribution in [0.5, 0.6) is 5.75 Å². The number of aryl methyl sites for hydroxylation is 3. The van der Waals surface area contributed by atoms with Crippen LogP contribution in [0.2, 0.25) is 5.02 Å². The molecule has 1 aromatic heterocycles. The monoisotopic (exact) mass is 540 g/mol. The number of aromatic nitrogens is 1. The lowest BCUT2D eigenvalue weighted by molar-refractivity contribution is 0.223. The molecule has 0 saturated heterocycles. The van der Waals surface area contributed by atoms with E-state index in [1.54, 1.807) is 0 Å². The number of hydrogen-bond donors (Lipinski definition) is 0. The van der Waals surface area contributed by atoms with Gasteiger partial charge < -0.3 is 4.74 Å². The highest BCUT2D eigenvalue weighted by molar-refractivity contribution is 6.30. The zero-order chi connectivity index (χ0) is 27.8. The van der Waals surface area contributed by atoms with Gasteiger partial charge in [-0.3, -0.25) is 9.88 Å². The van der Waals surface area contributed by atoms with Crippen LogP contribution in [0.3, 0.4) is 0 Å². The molecular weight excluding hydrogens is 500 g/mol. The van der Waals surface area contributed by atoms with E-state index in [0.29, 0.717) is 0 Å². The molecule has 4 heteroatoms. The van der Waals surface area contributed by atoms with Gasteiger partial charge in [0.15, 0.2) is 0 Å². The van der Waals surface area contributed by atoms with E-state index in [-0.39, 0.29) is 6.10 Å². The SMILES string of the molecule is CCc1cccc(CC)c1-c1cc(OC(C)C)c(CN(CCc2ccccc2)Cc2ccc(Cl)cc2)c(C)n1. The molecule has 0 aliphatic carbocycles. The summed E-state index contributed by atoms with van der Waals surface area (Å²) in [5.74, 6) is 0.932. The van der Waals surface area contributed by atoms with Crippen LogP contribution < -0.4 is 4.74 Å². The van der Waals surface area contributed by atoms with Gasteiger partial charge in [0, 0.05) is 47.5 Å². The Morgan fingerprint density at radius 3 is 2.10 bits per heavy atom. The number of halogens is 1. The van der Waals surface area contributed by atoms with E-state index in [1.807, 2.05) is 12.1 Å². The van der Waals surface area contributed by atoms with Gasteiger partial charge in [0.2, 0.25) is 0 Å². The molecular formula is C35H41ClN2O. The van der Waals surface area contributed by atoms with Gasteiger partial charge in [-0.15, -0.1) is 0 Å². The third-order valence-corrected chi connectivity index (χ3v) is 7.42. The Hall–Kier alpha value is -3.14. The van der Waals surface area contributed by atoms with Crippen molar-refractivity contribution in [2.24, 2.45) is 0 Å². The van der Waals surface area contributed by atoms with Gasteiger partial charge in [-0.25, -0.2) is 0 Å². The largest absolute Gasteiger partial charge is 0.491 e. The summed E-state index contributed by atoms with van der Waals surface area (Å²) in [7, 11) is 0. The summed E-state index contributed by atoms with van der Waals surface area (Å²) in [6.45, 7) is 13.3. The quantitative estimate of drug-likeness (QED) is 0.179. The van der Waals surface area contributed by atoms with E-state index < -0.39 is 0 Å². The van der Waals surface area contributed by atoms with Crippen molar-refractivity contribution in [2.45, 2.75) is 73.1 Å². The van der Waals surface area contributed by atoms with Crippen molar-refractivity contribution >= 4 is 11.6 Å². The maximum absolute atomic E-state index is 6.48. The zero-order valence-corrected chi connectivity index (χ0v) is 24.8. The molecule has 3 aromatic carbocycles. The molecule has 0 fully saturated rings. The van der Waals surface area contributed by atoms with E-state index in [1.165, 1.54) is 27.8 Å². The zero-order valence-electron chi connectivity index (χ0n) is 24.0. The summed E-state index contributed by atoms with van der Waals surface area (Å²) in [5, 5.41) is 0.761. The number of hydrogen-bond acceptors (Lipinski definition) is 3. The molecule has 3 nitrogen and oxygen atoms in total. The van der Waals surface area contributed by atoms with Crippen LogP contribution in [0.25, 0.3) is 11.3 Å². The normalized spacial score (nSPS) is 11.4. The number of ether oxygens (including phenoxy) is 1. The van der Waals surface area contributed by atoms with Crippen LogP contribution >= 0.6 is 11.6 Å². The number of pyridine rings is 1. The van der Waals surface area contributed by atoms with Crippen LogP contribution in [0.15, 0.2) is 78.9 Å². The molecule has 4 rings (SSSR count). The predicted molar refractivity (Wildman–Crippen MR) is 165 cm³/mol. The van der Waals surface area contributed by atoms with Crippen molar-refractivity contribution in [3.8, 4) is 17.0 Å². The molecule has 0 radical (unpaired) electrons. The Morgan fingerprint density at radius 1 is 0.821 bits per heavy atom. The summed E-state index contributed by atoms with van der Waals surface area (Å²) in [5.41, 5.74) is 9.69. The summed E-state index contributed by atoms with van der Waals surface area (Å²) in [6, 6.07) is 27.6. The molecule has 0 bridgehead atoms. The maximum atomic E-state index is 6.48. The fourth-order valence-electron chi connectivity index (χ4n) is 5.14. The lowest BCUT2D eigenvalue weighted by Gasteiger charge is -2.26. The van der Waals surface area contributed by atoms with Gasteiger partial charge in [0.05, 0.1) is 11.8 Å². The molecule has 0 saturated carbocycles. The third kappa shape index (κ3) is 7.71. The molecule has 0 atom stereocenters. The minimum Gasteiger partial charge on any atom is -0.491 e. The summed E-state index contributed by atoms with van der Waals surface area (Å²) in [6.07, 6.45) is 2.99. The van der Waals surface area contributed by atoms with Crippen LogP contribution in [-0.4, -0.2) is 22.5 Å². The fourth-order valence-corrected chi connectivity index (χ4v) is 5.26. The Kier molecular flexibility index (Phi) is 10.2. The molecule has 0 amide bonds. The lowest BCUT2D eigenvalue weighted by atomic mass is 9.94. The van der Waals surface area contributed by atoms with Gasteiger partial charge in [0.25, 0.3) is 0 Å². The first-order valence-electron chi connectivity index (χ1n) is 14.2. The molecule has 0 N–H and O–H groups in total. The third-order valence-electron chi connectivity index (χ3n) is 7.17. The van der Waals surface area contributed by atoms with Crippen molar-refractivity contribution in [1.29, 1.82) is 0 Å². The van der Waals surface area contributed by atoms with Crippen LogP contribution in [0.4, 0.5) is 0 Å². The molecule has 0 aliphatic rings. The summed E-state index contributed by atoms with van der Waals surface area (Å²) < 4.78 is 6.48. The fraction of sp³-hybridized carbons (Fsp3) is 0.343. The summed E-state index contributed by atoms with van der Waals surface area (Å²) >= 11 is 6.18. The number of rotatable bonds is 12. The predicted octanol–water partition coefficient (Wildman–Crippen LogP) is 8.87. The lowest BCUT2D eigenvalue weighted by Crippen LogP contribution is -2.26. The second kappa shape index (κ2) is 13.8. The molecule has 39 heavy (non-hydrogen) atoms. The van der Waals surface area contributed by atoms with Crippen molar-refractivity contribution < 1.29 is 4.74 Å². The average Bonchev–Trinajstić information content (AvgIpc) is 2.94. The standard InChI is InChI=1S/C35H41ClN2O/c1-6-29-14-11-15-30(7-2)35(29)33-22-34(39-25(3)4)32(26(5)37-33)24-38(21-20-27-12-9-8-10-13-27)23-28-16-18-31(36)19-17-28/h8-19,22,25H,6-7,20-21,23-24H2,1-5H3. The second-order valence-electron chi connectivity index (χ2n) is 10.5. The van der Waals surface area contributed by atoms with Crippen LogP contribution in [0.1, 0.15) is 61.2 Å². The molecule has 0 unspecified atom stereocenters. The highest BCUT2D eigenvalue weighted by Gasteiger charge is 2.19. The van der Waals surface area contributed by atoms with E-state index in [2.05, 4.69) is 106 Å². The van der Waals surface area contributed by atoms with Gasteiger partial charge in [-0.1, -0.05) is 86.1 Å². The first-order valence-corrected chi connectivity index (χ1v) is 14.5. The van der Waals surface area contributed by atoms with Crippen molar-refractivity contribution in [1.82, 2.24) is 9.88 Å². The van der Waals surface area contributed by atoms with E-state index in [0.717, 1.165) is 66.6 Å². The molecule has 4 aromatic rings. The number of benzene rings is 3. The minimum atomic E-state index is 0.0690. The molecule has 0 spiro atoms. The average molecular weight is 541 g/mol. The molecule has 1 heterocycles. The Bertz CT molecular complexity index is 1330. The van der Waals surface area contributed by atoms with E-state index in [4.69, 9.17) is 21.3 Å². The first-order chi connectivity index (χ1) is 18.9. The van der Waals surface area contributed by atoms with Crippen molar-refractivity contribution in [3.63, 3.8) is 0 Å². The van der Waals surface area contributed by atoms with Crippen LogP contribution in [-0.2, 0) is 32.4 Å². The summed E-state index contributed by atoms with van der Waals surface area (Å²) in [4.78, 5) is 7.69. The Morgan fingerprint density at radius 2 is 1.49 bits per heavy atom. The smallest absolute Gasteiger partial charge is 0.128 e. The topological polar surface area (TPSA) is 25.4 Å². The number of nitrogens with zero attached hydrogens (tertiary/aromatic N) is 2. The van der Waals surface area contributed by atoms with Crippen molar-refractivity contribution in [3.05, 3.63) is 117 Å². The van der Waals surface area contributed by atoms with Crippen molar-refractivity contribution in [2.75, 3.05) is 6.54 Å². The van der Waals surface area contributed by atoms with Gasteiger partial charge >= 0.3 is 0 Å². The molecule has 0 aliphatic heterocycles. The Labute approximate surface area is 239 Å². The van der Waals surface area contributed by atoms with E-state index >= 15 is 0 Å². The van der Waals surface area contributed by atoms with Crippen LogP contribution in [0, 0.1) is 6.92 Å².